The largest absolute Gasteiger partial charge is 0.508 e. The predicted octanol–water partition coefficient (Wildman–Crippen LogP) is 3.42. The molecule has 0 saturated carbocycles. The van der Waals surface area contributed by atoms with E-state index < -0.39 is 6.16 Å². The van der Waals surface area contributed by atoms with Crippen molar-refractivity contribution in [1.29, 1.82) is 0 Å². The number of halogens is 1. The Morgan fingerprint density at radius 2 is 2.15 bits per heavy atom. The summed E-state index contributed by atoms with van der Waals surface area (Å²) in [6.45, 7) is 1.99. The first-order chi connectivity index (χ1) is 9.62. The molecule has 1 aromatic rings. The van der Waals surface area contributed by atoms with Gasteiger partial charge in [0.25, 0.3) is 0 Å². The molecule has 2 atom stereocenters. The number of methoxy groups -OCH3 is 1. The Balaban J connectivity index is 2.01. The van der Waals surface area contributed by atoms with Crippen molar-refractivity contribution in [1.82, 2.24) is 0 Å². The summed E-state index contributed by atoms with van der Waals surface area (Å²) in [5.41, 5.74) is 0.799. The number of carbonyl (C=O) groups is 1. The third-order valence-corrected chi connectivity index (χ3v) is 3.11. The van der Waals surface area contributed by atoms with E-state index in [0.717, 1.165) is 5.56 Å². The fourth-order valence-corrected chi connectivity index (χ4v) is 2.19. The molecule has 0 spiro atoms. The Hall–Kier alpha value is -2.04. The average molecular weight is 280 g/mol. The number of hydrogen-bond donors (Lipinski definition) is 0. The molecule has 0 heterocycles. The van der Waals surface area contributed by atoms with Gasteiger partial charge in [-0.1, -0.05) is 6.08 Å². The van der Waals surface area contributed by atoms with Gasteiger partial charge in [0.1, 0.15) is 17.7 Å². The third kappa shape index (κ3) is 3.50. The maximum atomic E-state index is 13.5. The van der Waals surface area contributed by atoms with Gasteiger partial charge in [-0.2, -0.15) is 0 Å². The molecule has 1 aliphatic carbocycles. The fourth-order valence-electron chi connectivity index (χ4n) is 2.19. The summed E-state index contributed by atoms with van der Waals surface area (Å²) >= 11 is 0. The molecule has 5 heteroatoms. The highest BCUT2D eigenvalue weighted by molar-refractivity contribution is 5.60. The van der Waals surface area contributed by atoms with Crippen LogP contribution >= 0.6 is 0 Å². The normalized spacial score (nSPS) is 20.8. The van der Waals surface area contributed by atoms with Crippen molar-refractivity contribution in [3.05, 3.63) is 41.7 Å². The zero-order chi connectivity index (χ0) is 14.5. The number of hydrogen-bond acceptors (Lipinski definition) is 4. The zero-order valence-electron chi connectivity index (χ0n) is 11.5. The summed E-state index contributed by atoms with van der Waals surface area (Å²) in [7, 11) is 1.50. The number of ether oxygens (including phenoxy) is 3. The van der Waals surface area contributed by atoms with E-state index in [1.165, 1.54) is 19.2 Å². The number of carbonyl (C=O) groups excluding carboxylic acids is 1. The molecule has 0 amide bonds. The van der Waals surface area contributed by atoms with E-state index >= 15 is 0 Å². The highest BCUT2D eigenvalue weighted by atomic mass is 19.1. The van der Waals surface area contributed by atoms with Crippen LogP contribution in [0.15, 0.2) is 30.4 Å². The van der Waals surface area contributed by atoms with E-state index in [0.29, 0.717) is 12.2 Å². The highest BCUT2D eigenvalue weighted by Gasteiger charge is 2.24. The Morgan fingerprint density at radius 1 is 1.35 bits per heavy atom. The first-order valence-electron chi connectivity index (χ1n) is 6.48. The van der Waals surface area contributed by atoms with Crippen LogP contribution in [-0.2, 0) is 9.47 Å². The number of rotatable bonds is 4. The predicted molar refractivity (Wildman–Crippen MR) is 71.3 cm³/mol. The van der Waals surface area contributed by atoms with E-state index in [9.17, 15) is 9.18 Å². The van der Waals surface area contributed by atoms with Crippen molar-refractivity contribution in [2.24, 2.45) is 0 Å². The lowest BCUT2D eigenvalue weighted by atomic mass is 9.98. The van der Waals surface area contributed by atoms with Crippen LogP contribution < -0.4 is 4.74 Å². The van der Waals surface area contributed by atoms with Gasteiger partial charge in [0.2, 0.25) is 0 Å². The van der Waals surface area contributed by atoms with E-state index in [2.05, 4.69) is 0 Å². The minimum absolute atomic E-state index is 0.000901. The maximum absolute atomic E-state index is 13.5. The molecular formula is C15H17FO4. The van der Waals surface area contributed by atoms with Crippen LogP contribution in [0.3, 0.4) is 0 Å². The van der Waals surface area contributed by atoms with E-state index in [4.69, 9.17) is 14.2 Å². The molecule has 0 bridgehead atoms. The van der Waals surface area contributed by atoms with Crippen LogP contribution in [0.2, 0.25) is 0 Å². The molecule has 0 saturated heterocycles. The molecule has 20 heavy (non-hydrogen) atoms. The van der Waals surface area contributed by atoms with Crippen LogP contribution in [0.1, 0.15) is 24.8 Å². The van der Waals surface area contributed by atoms with Crippen molar-refractivity contribution < 1.29 is 23.4 Å². The standard InChI is InChI=1S/C15H17FO4/c1-3-19-15(17)20-13-5-4-10(7-13)11-6-12(16)9-14(8-11)18-2/h4-6,8-10,13H,3,7H2,1-2H3/t10-,13-/m0/s1. The quantitative estimate of drug-likeness (QED) is 0.626. The minimum Gasteiger partial charge on any atom is -0.497 e. The molecule has 2 rings (SSSR count). The Morgan fingerprint density at radius 3 is 2.85 bits per heavy atom. The second-order valence-electron chi connectivity index (χ2n) is 4.49. The van der Waals surface area contributed by atoms with Gasteiger partial charge in [-0.05, 0) is 37.1 Å². The van der Waals surface area contributed by atoms with Gasteiger partial charge in [0, 0.05) is 12.0 Å². The van der Waals surface area contributed by atoms with Crippen molar-refractivity contribution in [2.45, 2.75) is 25.4 Å². The smallest absolute Gasteiger partial charge is 0.497 e. The van der Waals surface area contributed by atoms with Crippen LogP contribution in [0.5, 0.6) is 5.75 Å². The lowest BCUT2D eigenvalue weighted by Gasteiger charge is -2.14. The lowest BCUT2D eigenvalue weighted by Crippen LogP contribution is -2.16. The first kappa shape index (κ1) is 14.4. The molecule has 1 aliphatic rings. The summed E-state index contributed by atoms with van der Waals surface area (Å²) in [5.74, 6) is 0.129. The number of benzene rings is 1. The highest BCUT2D eigenvalue weighted by Crippen LogP contribution is 2.32. The van der Waals surface area contributed by atoms with Crippen LogP contribution in [0, 0.1) is 5.82 Å². The molecule has 0 fully saturated rings. The average Bonchev–Trinajstić information content (AvgIpc) is 2.86. The molecule has 108 valence electrons. The molecule has 0 unspecified atom stereocenters. The molecular weight excluding hydrogens is 263 g/mol. The third-order valence-electron chi connectivity index (χ3n) is 3.11. The van der Waals surface area contributed by atoms with Crippen molar-refractivity contribution in [3.8, 4) is 5.75 Å². The monoisotopic (exact) mass is 280 g/mol. The van der Waals surface area contributed by atoms with Crippen LogP contribution in [0.25, 0.3) is 0 Å². The second kappa shape index (κ2) is 6.41. The van der Waals surface area contributed by atoms with Gasteiger partial charge in [0.05, 0.1) is 13.7 Å². The summed E-state index contributed by atoms with van der Waals surface area (Å²) in [6.07, 6.45) is 3.25. The number of allylic oxidation sites excluding steroid dienone is 1. The zero-order valence-corrected chi connectivity index (χ0v) is 11.5. The second-order valence-corrected chi connectivity index (χ2v) is 4.49. The SMILES string of the molecule is CCOC(=O)O[C@H]1C=C[C@H](c2cc(F)cc(OC)c2)C1. The van der Waals surface area contributed by atoms with Crippen molar-refractivity contribution >= 4 is 6.16 Å². The van der Waals surface area contributed by atoms with Crippen molar-refractivity contribution in [3.63, 3.8) is 0 Å². The first-order valence-corrected chi connectivity index (χ1v) is 6.48. The van der Waals surface area contributed by atoms with Crippen LogP contribution in [0.4, 0.5) is 9.18 Å². The summed E-state index contributed by atoms with van der Waals surface area (Å²) < 4.78 is 28.4. The van der Waals surface area contributed by atoms with Gasteiger partial charge in [-0.15, -0.1) is 0 Å². The van der Waals surface area contributed by atoms with Crippen LogP contribution in [-0.4, -0.2) is 26.0 Å². The molecule has 0 aliphatic heterocycles. The van der Waals surface area contributed by atoms with E-state index in [1.54, 1.807) is 19.1 Å². The van der Waals surface area contributed by atoms with Gasteiger partial charge in [0.15, 0.2) is 0 Å². The summed E-state index contributed by atoms with van der Waals surface area (Å²) in [5, 5.41) is 0. The molecule has 4 nitrogen and oxygen atoms in total. The van der Waals surface area contributed by atoms with Gasteiger partial charge >= 0.3 is 6.16 Å². The summed E-state index contributed by atoms with van der Waals surface area (Å²) in [4.78, 5) is 11.2. The summed E-state index contributed by atoms with van der Waals surface area (Å²) in [6, 6.07) is 4.57. The Labute approximate surface area is 117 Å². The topological polar surface area (TPSA) is 44.8 Å². The Kier molecular flexibility index (Phi) is 4.61. The van der Waals surface area contributed by atoms with Crippen molar-refractivity contribution in [2.75, 3.05) is 13.7 Å². The van der Waals surface area contributed by atoms with Gasteiger partial charge < -0.3 is 14.2 Å². The molecule has 0 aromatic heterocycles. The maximum Gasteiger partial charge on any atom is 0.508 e. The Bertz CT molecular complexity index is 513. The van der Waals surface area contributed by atoms with Gasteiger partial charge in [-0.25, -0.2) is 9.18 Å². The van der Waals surface area contributed by atoms with Gasteiger partial charge in [-0.3, -0.25) is 0 Å². The van der Waals surface area contributed by atoms with E-state index in [1.807, 2.05) is 6.08 Å². The molecule has 0 N–H and O–H groups in total. The van der Waals surface area contributed by atoms with E-state index in [-0.39, 0.29) is 24.4 Å². The molecule has 0 radical (unpaired) electrons. The minimum atomic E-state index is -0.681. The lowest BCUT2D eigenvalue weighted by molar-refractivity contribution is 0.0398. The fraction of sp³-hybridized carbons (Fsp3) is 0.400. The molecule has 1 aromatic carbocycles.